The zero-order valence-corrected chi connectivity index (χ0v) is 15.5. The number of anilines is 1. The summed E-state index contributed by atoms with van der Waals surface area (Å²) in [5, 5.41) is 12.3. The van der Waals surface area contributed by atoms with Gasteiger partial charge in [-0.3, -0.25) is 4.79 Å². The molecule has 0 spiro atoms. The molecule has 0 bridgehead atoms. The Morgan fingerprint density at radius 3 is 2.63 bits per heavy atom. The summed E-state index contributed by atoms with van der Waals surface area (Å²) in [6.45, 7) is 3.63. The van der Waals surface area contributed by atoms with Crippen molar-refractivity contribution in [3.05, 3.63) is 68.3 Å². The number of pyridine rings is 1. The fraction of sp³-hybridized carbons (Fsp3) is 0.250. The SMILES string of the molecule is COC(=O)C1=C(C)Nc2c(C)c[nH]c(=O)c2C1c1ccc(C#N)cc1OC. The number of nitrogens with one attached hydrogen (secondary N) is 2. The Balaban J connectivity index is 2.38. The maximum Gasteiger partial charge on any atom is 0.336 e. The number of ether oxygens (including phenoxy) is 2. The van der Waals surface area contributed by atoms with E-state index in [9.17, 15) is 9.59 Å². The zero-order valence-electron chi connectivity index (χ0n) is 15.5. The Morgan fingerprint density at radius 2 is 2.00 bits per heavy atom. The number of esters is 1. The van der Waals surface area contributed by atoms with Crippen LogP contribution in [0.1, 0.15) is 35.1 Å². The third kappa shape index (κ3) is 2.95. The lowest BCUT2D eigenvalue weighted by Gasteiger charge is -2.30. The first kappa shape index (κ1) is 18.3. The molecule has 0 saturated carbocycles. The van der Waals surface area contributed by atoms with Gasteiger partial charge in [-0.25, -0.2) is 4.79 Å². The van der Waals surface area contributed by atoms with E-state index in [-0.39, 0.29) is 5.56 Å². The molecule has 0 radical (unpaired) electrons. The van der Waals surface area contributed by atoms with Crippen LogP contribution < -0.4 is 15.6 Å². The number of carbonyl (C=O) groups is 1. The number of hydrogen-bond acceptors (Lipinski definition) is 6. The highest BCUT2D eigenvalue weighted by Gasteiger charge is 2.37. The smallest absolute Gasteiger partial charge is 0.336 e. The van der Waals surface area contributed by atoms with E-state index in [0.717, 1.165) is 5.56 Å². The minimum Gasteiger partial charge on any atom is -0.496 e. The summed E-state index contributed by atoms with van der Waals surface area (Å²) in [5.41, 5.74) is 3.53. The van der Waals surface area contributed by atoms with Gasteiger partial charge in [-0.15, -0.1) is 0 Å². The van der Waals surface area contributed by atoms with Crippen LogP contribution in [0.4, 0.5) is 5.69 Å². The summed E-state index contributed by atoms with van der Waals surface area (Å²) in [7, 11) is 2.78. The summed E-state index contributed by atoms with van der Waals surface area (Å²) in [6.07, 6.45) is 1.62. The van der Waals surface area contributed by atoms with Crippen LogP contribution in [0.5, 0.6) is 5.75 Å². The molecule has 2 heterocycles. The number of allylic oxidation sites excluding steroid dienone is 1. The molecule has 1 aromatic carbocycles. The molecule has 0 fully saturated rings. The zero-order chi connectivity index (χ0) is 19.7. The fourth-order valence-corrected chi connectivity index (χ4v) is 3.42. The van der Waals surface area contributed by atoms with E-state index < -0.39 is 11.9 Å². The van der Waals surface area contributed by atoms with Crippen molar-refractivity contribution in [2.24, 2.45) is 0 Å². The summed E-state index contributed by atoms with van der Waals surface area (Å²) in [4.78, 5) is 28.0. The maximum absolute atomic E-state index is 12.7. The molecule has 7 nitrogen and oxygen atoms in total. The number of rotatable bonds is 3. The number of nitriles is 1. The van der Waals surface area contributed by atoms with E-state index in [1.54, 1.807) is 31.3 Å². The number of benzene rings is 1. The highest BCUT2D eigenvalue weighted by Crippen LogP contribution is 2.44. The van der Waals surface area contributed by atoms with E-state index in [4.69, 9.17) is 14.7 Å². The first-order chi connectivity index (χ1) is 12.9. The first-order valence-corrected chi connectivity index (χ1v) is 8.29. The number of methoxy groups -OCH3 is 2. The Morgan fingerprint density at radius 1 is 1.26 bits per heavy atom. The number of carbonyl (C=O) groups excluding carboxylic acids is 1. The summed E-state index contributed by atoms with van der Waals surface area (Å²) >= 11 is 0. The minimum absolute atomic E-state index is 0.312. The molecule has 27 heavy (non-hydrogen) atoms. The summed E-state index contributed by atoms with van der Waals surface area (Å²) < 4.78 is 10.4. The van der Waals surface area contributed by atoms with Gasteiger partial charge in [0.1, 0.15) is 5.75 Å². The lowest BCUT2D eigenvalue weighted by molar-refractivity contribution is -0.136. The quantitative estimate of drug-likeness (QED) is 0.810. The van der Waals surface area contributed by atoms with E-state index in [2.05, 4.69) is 16.4 Å². The first-order valence-electron chi connectivity index (χ1n) is 8.29. The molecular weight excluding hydrogens is 346 g/mol. The fourth-order valence-electron chi connectivity index (χ4n) is 3.42. The molecule has 3 rings (SSSR count). The van der Waals surface area contributed by atoms with Crippen LogP contribution in [0, 0.1) is 18.3 Å². The van der Waals surface area contributed by atoms with Gasteiger partial charge < -0.3 is 19.8 Å². The molecule has 1 aromatic heterocycles. The lowest BCUT2D eigenvalue weighted by Crippen LogP contribution is -2.30. The molecular formula is C20H19N3O4. The molecule has 7 heteroatoms. The topological polar surface area (TPSA) is 104 Å². The van der Waals surface area contributed by atoms with Crippen LogP contribution in [-0.2, 0) is 9.53 Å². The van der Waals surface area contributed by atoms with Gasteiger partial charge in [0.05, 0.1) is 48.6 Å². The van der Waals surface area contributed by atoms with Crippen molar-refractivity contribution in [3.8, 4) is 11.8 Å². The maximum atomic E-state index is 12.7. The Hall–Kier alpha value is -3.53. The molecule has 1 atom stereocenters. The number of aromatic amines is 1. The highest BCUT2D eigenvalue weighted by molar-refractivity contribution is 5.95. The van der Waals surface area contributed by atoms with Crippen molar-refractivity contribution >= 4 is 11.7 Å². The van der Waals surface area contributed by atoms with Gasteiger partial charge in [0.15, 0.2) is 0 Å². The van der Waals surface area contributed by atoms with Crippen molar-refractivity contribution in [3.63, 3.8) is 0 Å². The molecule has 1 aliphatic rings. The van der Waals surface area contributed by atoms with Crippen molar-refractivity contribution in [2.45, 2.75) is 19.8 Å². The number of nitrogens with zero attached hydrogens (tertiary/aromatic N) is 1. The minimum atomic E-state index is -0.694. The number of H-pyrrole nitrogens is 1. The van der Waals surface area contributed by atoms with Crippen molar-refractivity contribution in [2.75, 3.05) is 19.5 Å². The van der Waals surface area contributed by atoms with E-state index in [0.29, 0.717) is 39.4 Å². The predicted octanol–water partition coefficient (Wildman–Crippen LogP) is 2.57. The van der Waals surface area contributed by atoms with Crippen LogP contribution in [-0.4, -0.2) is 25.2 Å². The Labute approximate surface area is 156 Å². The summed E-state index contributed by atoms with van der Waals surface area (Å²) in [5.74, 6) is -0.815. The van der Waals surface area contributed by atoms with E-state index in [1.165, 1.54) is 14.2 Å². The normalized spacial score (nSPS) is 15.4. The Bertz CT molecular complexity index is 1060. The van der Waals surface area contributed by atoms with Crippen LogP contribution in [0.25, 0.3) is 0 Å². The Kier molecular flexibility index (Phi) is 4.74. The molecule has 0 saturated heterocycles. The average molecular weight is 365 g/mol. The van der Waals surface area contributed by atoms with Crippen LogP contribution in [0.15, 0.2) is 40.5 Å². The van der Waals surface area contributed by atoms with E-state index >= 15 is 0 Å². The van der Waals surface area contributed by atoms with Crippen LogP contribution >= 0.6 is 0 Å². The molecule has 0 aliphatic carbocycles. The number of aryl methyl sites for hydroxylation is 1. The standard InChI is InChI=1S/C20H19N3O4/c1-10-9-22-19(24)17-16(13-6-5-12(8-21)7-14(13)26-3)15(20(25)27-4)11(2)23-18(10)17/h5-7,9,16,23H,1-4H3,(H,22,24). The molecule has 2 N–H and O–H groups in total. The van der Waals surface area contributed by atoms with E-state index in [1.807, 2.05) is 6.92 Å². The van der Waals surface area contributed by atoms with Crippen LogP contribution in [0.2, 0.25) is 0 Å². The van der Waals surface area contributed by atoms with Crippen molar-refractivity contribution < 1.29 is 14.3 Å². The largest absolute Gasteiger partial charge is 0.496 e. The van der Waals surface area contributed by atoms with Gasteiger partial charge in [-0.1, -0.05) is 6.07 Å². The monoisotopic (exact) mass is 365 g/mol. The molecule has 2 aromatic rings. The van der Waals surface area contributed by atoms with Crippen molar-refractivity contribution in [1.29, 1.82) is 5.26 Å². The molecule has 1 aliphatic heterocycles. The molecule has 0 amide bonds. The van der Waals surface area contributed by atoms with Gasteiger partial charge in [-0.05, 0) is 31.5 Å². The number of fused-ring (bicyclic) bond motifs is 1. The second kappa shape index (κ2) is 7.00. The van der Waals surface area contributed by atoms with Gasteiger partial charge in [0.2, 0.25) is 0 Å². The second-order valence-electron chi connectivity index (χ2n) is 6.25. The van der Waals surface area contributed by atoms with Gasteiger partial charge in [0.25, 0.3) is 5.56 Å². The van der Waals surface area contributed by atoms with Gasteiger partial charge in [-0.2, -0.15) is 5.26 Å². The van der Waals surface area contributed by atoms with Crippen molar-refractivity contribution in [1.82, 2.24) is 4.98 Å². The lowest BCUT2D eigenvalue weighted by atomic mass is 9.80. The average Bonchev–Trinajstić information content (AvgIpc) is 2.68. The molecule has 1 unspecified atom stereocenters. The number of aromatic nitrogens is 1. The van der Waals surface area contributed by atoms with Crippen LogP contribution in [0.3, 0.4) is 0 Å². The third-order valence-electron chi connectivity index (χ3n) is 4.70. The van der Waals surface area contributed by atoms with Gasteiger partial charge >= 0.3 is 5.97 Å². The third-order valence-corrected chi connectivity index (χ3v) is 4.70. The highest BCUT2D eigenvalue weighted by atomic mass is 16.5. The predicted molar refractivity (Wildman–Crippen MR) is 99.7 cm³/mol. The summed E-state index contributed by atoms with van der Waals surface area (Å²) in [6, 6.07) is 6.99. The number of hydrogen-bond donors (Lipinski definition) is 2. The molecule has 138 valence electrons. The second-order valence-corrected chi connectivity index (χ2v) is 6.25. The van der Waals surface area contributed by atoms with Gasteiger partial charge in [0, 0.05) is 17.5 Å².